The molecule has 1 aliphatic heterocycles. The summed E-state index contributed by atoms with van der Waals surface area (Å²) < 4.78 is 17.7. The van der Waals surface area contributed by atoms with Crippen LogP contribution in [0.3, 0.4) is 0 Å². The molecule has 8 atom stereocenters. The van der Waals surface area contributed by atoms with Gasteiger partial charge in [0, 0.05) is 6.42 Å². The van der Waals surface area contributed by atoms with E-state index in [2.05, 4.69) is 62.5 Å². The lowest BCUT2D eigenvalue weighted by Gasteiger charge is -2.41. The predicted octanol–water partition coefficient (Wildman–Crippen LogP) is 18.3. The van der Waals surface area contributed by atoms with Gasteiger partial charge in [-0.3, -0.25) is 9.59 Å². The number of hydrogen-bond acceptors (Lipinski definition) is 10. The Bertz CT molecular complexity index is 1550. The van der Waals surface area contributed by atoms with Crippen LogP contribution in [0.5, 0.6) is 0 Å². The van der Waals surface area contributed by atoms with E-state index in [4.69, 9.17) is 14.2 Å². The van der Waals surface area contributed by atoms with E-state index in [0.29, 0.717) is 12.8 Å². The van der Waals surface area contributed by atoms with E-state index in [1.54, 1.807) is 6.08 Å². The summed E-state index contributed by atoms with van der Waals surface area (Å²) in [6, 6.07) is -1.02. The van der Waals surface area contributed by atoms with Gasteiger partial charge in [0.05, 0.1) is 25.4 Å². The van der Waals surface area contributed by atoms with E-state index in [9.17, 15) is 35.1 Å². The van der Waals surface area contributed by atoms with E-state index < -0.39 is 67.4 Å². The first-order valence-corrected chi connectivity index (χ1v) is 35.9. The van der Waals surface area contributed by atoms with Crippen LogP contribution in [0.25, 0.3) is 0 Å². The van der Waals surface area contributed by atoms with Gasteiger partial charge in [0.1, 0.15) is 24.4 Å². The van der Waals surface area contributed by atoms with Crippen molar-refractivity contribution >= 4 is 11.9 Å². The summed E-state index contributed by atoms with van der Waals surface area (Å²) in [5.41, 5.74) is 0. The van der Waals surface area contributed by atoms with Gasteiger partial charge in [-0.05, 0) is 83.5 Å². The topological polar surface area (TPSA) is 175 Å². The standard InChI is InChI=1S/C73H135NO10/c1-4-7-10-13-16-19-22-25-27-29-31-33-34-35-37-39-41-43-46-49-52-55-58-61-68(78)84-71-70(80)69(79)67(62-75)83-73(71)82-63-64(65(76)59-56-53-50-47-44-24-21-18-15-12-9-6-3)74-72(81)66(77)60-57-54-51-48-45-42-40-38-36-32-30-28-26-23-20-17-14-11-8-5-2/h17,20,25-28,56,59,64-67,69-71,73,75-77,79-80H,4-16,18-19,21-24,29-55,57-58,60-63H2,1-3H3,(H,74,81)/b20-17-,27-25+,28-26-,59-56+. The Kier molecular flexibility index (Phi) is 57.7. The second-order valence-electron chi connectivity index (χ2n) is 25.0. The van der Waals surface area contributed by atoms with Gasteiger partial charge in [-0.2, -0.15) is 0 Å². The van der Waals surface area contributed by atoms with E-state index >= 15 is 0 Å². The molecular weight excluding hydrogens is 1050 g/mol. The van der Waals surface area contributed by atoms with E-state index in [-0.39, 0.29) is 19.4 Å². The van der Waals surface area contributed by atoms with Crippen molar-refractivity contribution in [2.75, 3.05) is 13.2 Å². The molecule has 0 radical (unpaired) electrons. The van der Waals surface area contributed by atoms with Crippen LogP contribution in [0.15, 0.2) is 48.6 Å². The number of unbranched alkanes of at least 4 members (excludes halogenated alkanes) is 42. The highest BCUT2D eigenvalue weighted by Crippen LogP contribution is 2.26. The van der Waals surface area contributed by atoms with Crippen molar-refractivity contribution in [1.82, 2.24) is 5.32 Å². The zero-order valence-electron chi connectivity index (χ0n) is 54.8. The highest BCUT2D eigenvalue weighted by molar-refractivity contribution is 5.80. The number of ether oxygens (including phenoxy) is 3. The molecule has 0 bridgehead atoms. The zero-order chi connectivity index (χ0) is 61.0. The van der Waals surface area contributed by atoms with Crippen LogP contribution in [0.4, 0.5) is 0 Å². The van der Waals surface area contributed by atoms with Gasteiger partial charge in [-0.1, -0.05) is 301 Å². The molecule has 84 heavy (non-hydrogen) atoms. The van der Waals surface area contributed by atoms with Crippen molar-refractivity contribution in [3.8, 4) is 0 Å². The van der Waals surface area contributed by atoms with Crippen molar-refractivity contribution < 1.29 is 49.3 Å². The molecule has 0 saturated carbocycles. The van der Waals surface area contributed by atoms with Gasteiger partial charge in [-0.15, -0.1) is 0 Å². The summed E-state index contributed by atoms with van der Waals surface area (Å²) in [4.78, 5) is 26.7. The molecule has 0 aromatic heterocycles. The van der Waals surface area contributed by atoms with Crippen molar-refractivity contribution in [3.05, 3.63) is 48.6 Å². The first-order valence-electron chi connectivity index (χ1n) is 35.9. The normalized spacial score (nSPS) is 18.7. The second kappa shape index (κ2) is 60.9. The smallest absolute Gasteiger partial charge is 0.306 e. The van der Waals surface area contributed by atoms with Crippen LogP contribution in [-0.2, 0) is 23.8 Å². The van der Waals surface area contributed by atoms with Crippen LogP contribution < -0.4 is 5.32 Å². The monoisotopic (exact) mass is 1190 g/mol. The average Bonchev–Trinajstić information content (AvgIpc) is 3.52. The Balaban J connectivity index is 2.57. The van der Waals surface area contributed by atoms with Crippen LogP contribution in [-0.4, -0.2) is 99.6 Å². The number of hydrogen-bond donors (Lipinski definition) is 6. The maximum atomic E-state index is 13.5. The Morgan fingerprint density at radius 3 is 1.25 bits per heavy atom. The third kappa shape index (κ3) is 47.7. The largest absolute Gasteiger partial charge is 0.454 e. The molecule has 1 rings (SSSR count). The van der Waals surface area contributed by atoms with Gasteiger partial charge in [0.2, 0.25) is 5.91 Å². The number of aliphatic hydroxyl groups excluding tert-OH is 5. The minimum atomic E-state index is -1.61. The highest BCUT2D eigenvalue weighted by atomic mass is 16.7. The van der Waals surface area contributed by atoms with E-state index in [1.165, 1.54) is 225 Å². The van der Waals surface area contributed by atoms with Gasteiger partial charge >= 0.3 is 5.97 Å². The molecule has 11 heteroatoms. The van der Waals surface area contributed by atoms with Gasteiger partial charge in [0.25, 0.3) is 0 Å². The predicted molar refractivity (Wildman–Crippen MR) is 352 cm³/mol. The third-order valence-corrected chi connectivity index (χ3v) is 17.0. The van der Waals surface area contributed by atoms with Crippen molar-refractivity contribution in [1.29, 1.82) is 0 Å². The van der Waals surface area contributed by atoms with Crippen LogP contribution >= 0.6 is 0 Å². The Morgan fingerprint density at radius 1 is 0.464 bits per heavy atom. The van der Waals surface area contributed by atoms with E-state index in [1.807, 2.05) is 6.08 Å². The molecule has 1 amide bonds. The fraction of sp³-hybridized carbons (Fsp3) is 0.863. The molecule has 1 saturated heterocycles. The van der Waals surface area contributed by atoms with Crippen molar-refractivity contribution in [2.24, 2.45) is 0 Å². The number of aliphatic hydroxyl groups is 5. The molecule has 492 valence electrons. The first kappa shape index (κ1) is 79.6. The highest BCUT2D eigenvalue weighted by Gasteiger charge is 2.47. The first-order chi connectivity index (χ1) is 41.2. The molecule has 1 heterocycles. The van der Waals surface area contributed by atoms with Gasteiger partial charge < -0.3 is 45.1 Å². The summed E-state index contributed by atoms with van der Waals surface area (Å²) in [5, 5.41) is 57.2. The summed E-state index contributed by atoms with van der Waals surface area (Å²) >= 11 is 0. The fourth-order valence-corrected chi connectivity index (χ4v) is 11.3. The summed E-state index contributed by atoms with van der Waals surface area (Å²) in [6.45, 7) is 5.81. The number of carbonyl (C=O) groups is 2. The molecule has 1 fully saturated rings. The van der Waals surface area contributed by atoms with E-state index in [0.717, 1.165) is 70.6 Å². The average molecular weight is 1190 g/mol. The SMILES string of the molecule is CCCCC/C=C\C/C=C\CCCCCCCCCCCCC(O)C(=O)NC(COC1OC(CO)C(O)C(O)C1OC(=O)CCCCCCCCCCCCCCC/C=C/CCCCCCCC)C(O)/C=C/CCCCCCCCCCCC. The molecule has 0 aliphatic carbocycles. The molecule has 6 N–H and O–H groups in total. The summed E-state index contributed by atoms with van der Waals surface area (Å²) in [5.74, 6) is -1.18. The maximum absolute atomic E-state index is 13.5. The lowest BCUT2D eigenvalue weighted by atomic mass is 9.99. The Morgan fingerprint density at radius 2 is 0.821 bits per heavy atom. The lowest BCUT2D eigenvalue weighted by molar-refractivity contribution is -0.305. The number of amides is 1. The Hall–Kier alpha value is -2.38. The minimum Gasteiger partial charge on any atom is -0.454 e. The zero-order valence-corrected chi connectivity index (χ0v) is 54.8. The molecule has 0 aromatic rings. The van der Waals surface area contributed by atoms with Crippen LogP contribution in [0.1, 0.15) is 342 Å². The summed E-state index contributed by atoms with van der Waals surface area (Å²) in [7, 11) is 0. The van der Waals surface area contributed by atoms with Gasteiger partial charge in [0.15, 0.2) is 12.4 Å². The lowest BCUT2D eigenvalue weighted by Crippen LogP contribution is -2.61. The second-order valence-corrected chi connectivity index (χ2v) is 25.0. The fourth-order valence-electron chi connectivity index (χ4n) is 11.3. The molecular formula is C73H135NO10. The molecule has 0 spiro atoms. The third-order valence-electron chi connectivity index (χ3n) is 17.0. The number of allylic oxidation sites excluding steroid dienone is 7. The number of esters is 1. The molecule has 0 aromatic carbocycles. The molecule has 11 nitrogen and oxygen atoms in total. The minimum absolute atomic E-state index is 0.126. The quantitative estimate of drug-likeness (QED) is 0.0195. The Labute approximate surface area is 516 Å². The van der Waals surface area contributed by atoms with Crippen molar-refractivity contribution in [2.45, 2.75) is 391 Å². The number of rotatable bonds is 62. The van der Waals surface area contributed by atoms with Crippen LogP contribution in [0, 0.1) is 0 Å². The molecule has 8 unspecified atom stereocenters. The summed E-state index contributed by atoms with van der Waals surface area (Å²) in [6.07, 6.45) is 65.8. The van der Waals surface area contributed by atoms with Crippen molar-refractivity contribution in [3.63, 3.8) is 0 Å². The number of carbonyl (C=O) groups excluding carboxylic acids is 2. The maximum Gasteiger partial charge on any atom is 0.306 e. The van der Waals surface area contributed by atoms with Gasteiger partial charge in [-0.25, -0.2) is 0 Å². The number of nitrogens with one attached hydrogen (secondary N) is 1. The molecule has 1 aliphatic rings. The van der Waals surface area contributed by atoms with Crippen LogP contribution in [0.2, 0.25) is 0 Å².